The maximum atomic E-state index is 13.3. The summed E-state index contributed by atoms with van der Waals surface area (Å²) in [4.78, 5) is 13.3. The molecule has 0 aliphatic heterocycles. The Morgan fingerprint density at radius 3 is 2.26 bits per heavy atom. The number of rotatable bonds is 9. The molecule has 38 heavy (non-hydrogen) atoms. The van der Waals surface area contributed by atoms with Gasteiger partial charge in [-0.05, 0) is 72.5 Å². The van der Waals surface area contributed by atoms with Crippen LogP contribution >= 0.6 is 11.6 Å². The van der Waals surface area contributed by atoms with Crippen LogP contribution in [0.4, 0.5) is 5.69 Å². The SMILES string of the molecule is CCOc1ccc(C(=O)Nc2cc(Cl)ccc2Oc2ccccc2)cc1COc1ccccc1C(C)(C)C. The Hall–Kier alpha value is -3.96. The minimum absolute atomic E-state index is 0.0719. The molecule has 0 fully saturated rings. The van der Waals surface area contributed by atoms with Gasteiger partial charge in [-0.1, -0.05) is 68.8 Å². The van der Waals surface area contributed by atoms with E-state index in [1.165, 1.54) is 0 Å². The van der Waals surface area contributed by atoms with E-state index < -0.39 is 0 Å². The lowest BCUT2D eigenvalue weighted by Gasteiger charge is -2.23. The van der Waals surface area contributed by atoms with E-state index in [0.717, 1.165) is 16.9 Å². The molecule has 0 saturated carbocycles. The van der Waals surface area contributed by atoms with Gasteiger partial charge in [-0.2, -0.15) is 0 Å². The zero-order valence-electron chi connectivity index (χ0n) is 22.1. The third kappa shape index (κ3) is 6.87. The lowest BCUT2D eigenvalue weighted by Crippen LogP contribution is -2.15. The van der Waals surface area contributed by atoms with E-state index in [9.17, 15) is 4.79 Å². The van der Waals surface area contributed by atoms with Crippen molar-refractivity contribution in [2.75, 3.05) is 11.9 Å². The van der Waals surface area contributed by atoms with Gasteiger partial charge in [-0.25, -0.2) is 0 Å². The monoisotopic (exact) mass is 529 g/mol. The van der Waals surface area contributed by atoms with Crippen molar-refractivity contribution in [1.82, 2.24) is 0 Å². The summed E-state index contributed by atoms with van der Waals surface area (Å²) < 4.78 is 18.1. The largest absolute Gasteiger partial charge is 0.493 e. The Bertz CT molecular complexity index is 1400. The number of para-hydroxylation sites is 2. The Balaban J connectivity index is 1.57. The van der Waals surface area contributed by atoms with Crippen LogP contribution in [0.3, 0.4) is 0 Å². The number of carbonyl (C=O) groups excluding carboxylic acids is 1. The molecule has 6 heteroatoms. The summed E-state index contributed by atoms with van der Waals surface area (Å²) in [5.41, 5.74) is 2.74. The van der Waals surface area contributed by atoms with Crippen LogP contribution < -0.4 is 19.5 Å². The van der Waals surface area contributed by atoms with Gasteiger partial charge in [0.1, 0.15) is 23.9 Å². The predicted molar refractivity (Wildman–Crippen MR) is 153 cm³/mol. The minimum Gasteiger partial charge on any atom is -0.493 e. The Kier molecular flexibility index (Phi) is 8.59. The van der Waals surface area contributed by atoms with Gasteiger partial charge < -0.3 is 19.5 Å². The average Bonchev–Trinajstić information content (AvgIpc) is 2.90. The molecule has 196 valence electrons. The van der Waals surface area contributed by atoms with Crippen molar-refractivity contribution in [2.24, 2.45) is 0 Å². The van der Waals surface area contributed by atoms with Gasteiger partial charge in [0.05, 0.1) is 12.3 Å². The van der Waals surface area contributed by atoms with E-state index in [4.69, 9.17) is 25.8 Å². The molecule has 4 aromatic carbocycles. The number of carbonyl (C=O) groups is 1. The highest BCUT2D eigenvalue weighted by molar-refractivity contribution is 6.31. The van der Waals surface area contributed by atoms with Crippen LogP contribution in [0.25, 0.3) is 0 Å². The summed E-state index contributed by atoms with van der Waals surface area (Å²) >= 11 is 6.23. The van der Waals surface area contributed by atoms with Crippen molar-refractivity contribution >= 4 is 23.2 Å². The smallest absolute Gasteiger partial charge is 0.255 e. The number of hydrogen-bond donors (Lipinski definition) is 1. The van der Waals surface area contributed by atoms with Crippen LogP contribution in [-0.2, 0) is 12.0 Å². The number of halogens is 1. The van der Waals surface area contributed by atoms with Gasteiger partial charge in [0.2, 0.25) is 0 Å². The maximum Gasteiger partial charge on any atom is 0.255 e. The molecule has 1 N–H and O–H groups in total. The molecule has 0 aliphatic rings. The summed E-state index contributed by atoms with van der Waals surface area (Å²) in [6.07, 6.45) is 0. The number of benzene rings is 4. The molecule has 1 amide bonds. The predicted octanol–water partition coefficient (Wildman–Crippen LogP) is 8.66. The number of ether oxygens (including phenoxy) is 3. The topological polar surface area (TPSA) is 56.8 Å². The van der Waals surface area contributed by atoms with Crippen LogP contribution in [0, 0.1) is 0 Å². The summed E-state index contributed by atoms with van der Waals surface area (Å²) in [6, 6.07) is 27.8. The quantitative estimate of drug-likeness (QED) is 0.235. The molecule has 4 aromatic rings. The van der Waals surface area contributed by atoms with Crippen molar-refractivity contribution in [3.8, 4) is 23.0 Å². The molecule has 4 rings (SSSR count). The molecule has 0 aromatic heterocycles. The fourth-order valence-electron chi connectivity index (χ4n) is 4.00. The van der Waals surface area contributed by atoms with Gasteiger partial charge in [0.25, 0.3) is 5.91 Å². The van der Waals surface area contributed by atoms with Crippen molar-refractivity contribution in [3.05, 3.63) is 113 Å². The van der Waals surface area contributed by atoms with E-state index in [0.29, 0.717) is 40.1 Å². The van der Waals surface area contributed by atoms with Gasteiger partial charge in [-0.15, -0.1) is 0 Å². The van der Waals surface area contributed by atoms with E-state index in [2.05, 4.69) is 32.2 Å². The first-order chi connectivity index (χ1) is 18.2. The first-order valence-corrected chi connectivity index (χ1v) is 12.9. The zero-order chi connectivity index (χ0) is 27.1. The molecule has 0 aliphatic carbocycles. The molecule has 0 saturated heterocycles. The second-order valence-electron chi connectivity index (χ2n) is 9.80. The van der Waals surface area contributed by atoms with E-state index >= 15 is 0 Å². The molecule has 0 unspecified atom stereocenters. The van der Waals surface area contributed by atoms with Crippen molar-refractivity contribution in [1.29, 1.82) is 0 Å². The fraction of sp³-hybridized carbons (Fsp3) is 0.219. The number of amides is 1. The third-order valence-electron chi connectivity index (χ3n) is 5.86. The van der Waals surface area contributed by atoms with Crippen LogP contribution in [-0.4, -0.2) is 12.5 Å². The fourth-order valence-corrected chi connectivity index (χ4v) is 4.17. The van der Waals surface area contributed by atoms with Crippen LogP contribution in [0.2, 0.25) is 5.02 Å². The number of hydrogen-bond acceptors (Lipinski definition) is 4. The van der Waals surface area contributed by atoms with E-state index in [1.807, 2.05) is 55.5 Å². The lowest BCUT2D eigenvalue weighted by molar-refractivity contribution is 0.102. The number of anilines is 1. The highest BCUT2D eigenvalue weighted by atomic mass is 35.5. The molecule has 0 radical (unpaired) electrons. The Morgan fingerprint density at radius 2 is 1.53 bits per heavy atom. The standard InChI is InChI=1S/C32H32ClNO4/c1-5-36-28-17-15-22(19-23(28)21-37-29-14-10-9-13-26(29)32(2,3)4)31(35)34-27-20-24(33)16-18-30(27)38-25-11-7-6-8-12-25/h6-20H,5,21H2,1-4H3,(H,34,35). The minimum atomic E-state index is -0.301. The molecule has 5 nitrogen and oxygen atoms in total. The highest BCUT2D eigenvalue weighted by Crippen LogP contribution is 2.34. The summed E-state index contributed by atoms with van der Waals surface area (Å²) in [5.74, 6) is 2.32. The van der Waals surface area contributed by atoms with Crippen molar-refractivity contribution in [3.63, 3.8) is 0 Å². The van der Waals surface area contributed by atoms with E-state index in [-0.39, 0.29) is 17.9 Å². The zero-order valence-corrected chi connectivity index (χ0v) is 22.8. The first kappa shape index (κ1) is 27.1. The first-order valence-electron chi connectivity index (χ1n) is 12.6. The lowest BCUT2D eigenvalue weighted by atomic mass is 9.86. The van der Waals surface area contributed by atoms with E-state index in [1.54, 1.807) is 36.4 Å². The second-order valence-corrected chi connectivity index (χ2v) is 10.2. The maximum absolute atomic E-state index is 13.3. The molecule has 0 spiro atoms. The average molecular weight is 530 g/mol. The van der Waals surface area contributed by atoms with Crippen molar-refractivity contribution in [2.45, 2.75) is 39.7 Å². The van der Waals surface area contributed by atoms with Crippen LogP contribution in [0.1, 0.15) is 49.2 Å². The van der Waals surface area contributed by atoms with Gasteiger partial charge in [-0.3, -0.25) is 4.79 Å². The summed E-state index contributed by atoms with van der Waals surface area (Å²) in [7, 11) is 0. The highest BCUT2D eigenvalue weighted by Gasteiger charge is 2.19. The van der Waals surface area contributed by atoms with Gasteiger partial charge in [0.15, 0.2) is 5.75 Å². The van der Waals surface area contributed by atoms with Gasteiger partial charge >= 0.3 is 0 Å². The second kappa shape index (κ2) is 12.1. The molecule has 0 bridgehead atoms. The van der Waals surface area contributed by atoms with Gasteiger partial charge in [0, 0.05) is 16.1 Å². The van der Waals surface area contributed by atoms with Crippen LogP contribution in [0.15, 0.2) is 91.0 Å². The Morgan fingerprint density at radius 1 is 0.816 bits per heavy atom. The third-order valence-corrected chi connectivity index (χ3v) is 6.10. The molecule has 0 atom stereocenters. The van der Waals surface area contributed by atoms with Crippen molar-refractivity contribution < 1.29 is 19.0 Å². The molecular weight excluding hydrogens is 498 g/mol. The Labute approximate surface area is 229 Å². The molecular formula is C32H32ClNO4. The number of nitrogens with one attached hydrogen (secondary N) is 1. The summed E-state index contributed by atoms with van der Waals surface area (Å²) in [5, 5.41) is 3.42. The molecule has 0 heterocycles. The van der Waals surface area contributed by atoms with Crippen LogP contribution in [0.5, 0.6) is 23.0 Å². The normalized spacial score (nSPS) is 11.1. The summed E-state index contributed by atoms with van der Waals surface area (Å²) in [6.45, 7) is 9.13.